The topological polar surface area (TPSA) is 99.9 Å². The summed E-state index contributed by atoms with van der Waals surface area (Å²) in [6, 6.07) is 1.83. The van der Waals surface area contributed by atoms with Crippen LogP contribution in [-0.4, -0.2) is 20.0 Å². The summed E-state index contributed by atoms with van der Waals surface area (Å²) in [6.07, 6.45) is 1.46. The lowest BCUT2D eigenvalue weighted by molar-refractivity contribution is 0.256. The summed E-state index contributed by atoms with van der Waals surface area (Å²) >= 11 is 6.07. The molecule has 0 aliphatic carbocycles. The van der Waals surface area contributed by atoms with E-state index in [2.05, 4.69) is 15.1 Å². The van der Waals surface area contributed by atoms with Crippen molar-refractivity contribution in [1.29, 1.82) is 4.78 Å². The van der Waals surface area contributed by atoms with E-state index >= 15 is 0 Å². The molecule has 0 saturated carbocycles. The molecule has 1 aromatic heterocycles. The number of hydrogen-bond acceptors (Lipinski definition) is 4. The Morgan fingerprint density at radius 1 is 1.17 bits per heavy atom. The summed E-state index contributed by atoms with van der Waals surface area (Å²) in [5, 5.41) is 6.55. The van der Waals surface area contributed by atoms with Gasteiger partial charge in [-0.15, -0.1) is 0 Å². The van der Waals surface area contributed by atoms with E-state index in [-0.39, 0.29) is 27.9 Å². The van der Waals surface area contributed by atoms with Gasteiger partial charge in [-0.3, -0.25) is 4.68 Å². The Bertz CT molecular complexity index is 987. The molecule has 1 aromatic carbocycles. The molecule has 0 fully saturated rings. The highest BCUT2D eigenvalue weighted by Crippen LogP contribution is 2.33. The van der Waals surface area contributed by atoms with Crippen molar-refractivity contribution < 1.29 is 13.4 Å². The van der Waals surface area contributed by atoms with Gasteiger partial charge in [0, 0.05) is 17.9 Å². The largest absolute Gasteiger partial charge is 0.332 e. The fourth-order valence-electron chi connectivity index (χ4n) is 2.83. The van der Waals surface area contributed by atoms with Crippen LogP contribution in [0, 0.1) is 10.6 Å². The van der Waals surface area contributed by atoms with Gasteiger partial charge in [-0.1, -0.05) is 39.3 Å². The quantitative estimate of drug-likeness (QED) is 0.538. The maximum absolute atomic E-state index is 14.0. The number of nitrogens with one attached hydrogen (secondary N) is 3. The van der Waals surface area contributed by atoms with E-state index in [9.17, 15) is 13.4 Å². The monoisotopic (exact) mass is 443 g/mol. The maximum atomic E-state index is 14.0. The number of carbonyl (C=O) groups is 1. The first-order valence-corrected chi connectivity index (χ1v) is 11.2. The zero-order valence-corrected chi connectivity index (χ0v) is 18.9. The first kappa shape index (κ1) is 23.2. The van der Waals surface area contributed by atoms with Gasteiger partial charge in [-0.05, 0) is 48.9 Å². The number of amides is 2. The van der Waals surface area contributed by atoms with Gasteiger partial charge in [0.05, 0.1) is 5.02 Å². The van der Waals surface area contributed by atoms with Crippen molar-refractivity contribution in [3.63, 3.8) is 0 Å². The summed E-state index contributed by atoms with van der Waals surface area (Å²) in [6.45, 7) is 11.2. The minimum Gasteiger partial charge on any atom is -0.307 e. The molecule has 0 bridgehead atoms. The Balaban J connectivity index is 2.36. The SMILES string of the molecule is CC(C)c1cc(F)cc(C(C)C)c1NC(=O)NS(=N)(=O)c1nn(C(C)C)cc1Cl. The predicted molar refractivity (Wildman–Crippen MR) is 113 cm³/mol. The van der Waals surface area contributed by atoms with Crippen LogP contribution in [0.1, 0.15) is 70.5 Å². The number of hydrogen-bond donors (Lipinski definition) is 3. The van der Waals surface area contributed by atoms with E-state index in [1.54, 1.807) is 0 Å². The van der Waals surface area contributed by atoms with E-state index in [0.29, 0.717) is 16.8 Å². The van der Waals surface area contributed by atoms with Crippen LogP contribution < -0.4 is 10.0 Å². The lowest BCUT2D eigenvalue weighted by Crippen LogP contribution is -2.34. The van der Waals surface area contributed by atoms with Crippen LogP contribution in [0.25, 0.3) is 0 Å². The third-order valence-electron chi connectivity index (χ3n) is 4.34. The third kappa shape index (κ3) is 5.27. The molecule has 2 rings (SSSR count). The molecular formula is C19H27ClFN5O2S. The molecule has 0 aliphatic heterocycles. The van der Waals surface area contributed by atoms with Crippen LogP contribution >= 0.6 is 11.6 Å². The Labute approximate surface area is 176 Å². The molecule has 160 valence electrons. The molecule has 2 amide bonds. The van der Waals surface area contributed by atoms with Crippen molar-refractivity contribution in [2.75, 3.05) is 5.32 Å². The third-order valence-corrected chi connectivity index (χ3v) is 6.05. The Kier molecular flexibility index (Phi) is 6.95. The predicted octanol–water partition coefficient (Wildman–Crippen LogP) is 5.65. The van der Waals surface area contributed by atoms with Gasteiger partial charge in [0.25, 0.3) is 0 Å². The standard InChI is InChI=1S/C19H27ClFN5O2S/c1-10(2)14-7-13(21)8-15(11(3)4)17(14)23-19(27)25-29(22,28)18-16(20)9-26(24-18)12(5)6/h7-12H,1-6H3,(H3,22,23,25,27,28). The minimum absolute atomic E-state index is 0.0338. The number of anilines is 1. The average Bonchev–Trinajstić information content (AvgIpc) is 2.98. The van der Waals surface area contributed by atoms with Crippen molar-refractivity contribution in [3.05, 3.63) is 40.3 Å². The maximum Gasteiger partial charge on any atom is 0.332 e. The van der Waals surface area contributed by atoms with Gasteiger partial charge in [0.2, 0.25) is 0 Å². The molecule has 10 heteroatoms. The number of halogens is 2. The van der Waals surface area contributed by atoms with E-state index in [4.69, 9.17) is 16.4 Å². The van der Waals surface area contributed by atoms with E-state index < -0.39 is 21.8 Å². The van der Waals surface area contributed by atoms with Crippen molar-refractivity contribution in [1.82, 2.24) is 14.5 Å². The average molecular weight is 444 g/mol. The summed E-state index contributed by atoms with van der Waals surface area (Å²) in [5.41, 5.74) is 1.67. The van der Waals surface area contributed by atoms with Crippen LogP contribution in [0.3, 0.4) is 0 Å². The number of aromatic nitrogens is 2. The zero-order chi connectivity index (χ0) is 22.1. The Morgan fingerprint density at radius 3 is 2.10 bits per heavy atom. The summed E-state index contributed by atoms with van der Waals surface area (Å²) in [4.78, 5) is 12.6. The molecule has 29 heavy (non-hydrogen) atoms. The zero-order valence-electron chi connectivity index (χ0n) is 17.3. The van der Waals surface area contributed by atoms with Crippen LogP contribution in [0.15, 0.2) is 23.4 Å². The highest BCUT2D eigenvalue weighted by atomic mass is 35.5. The first-order valence-electron chi connectivity index (χ1n) is 9.29. The van der Waals surface area contributed by atoms with Gasteiger partial charge in [0.15, 0.2) is 14.9 Å². The normalized spacial score (nSPS) is 13.8. The molecule has 0 spiro atoms. The number of urea groups is 1. The molecule has 2 aromatic rings. The second-order valence-electron chi connectivity index (χ2n) is 7.74. The number of nitrogens with zero attached hydrogens (tertiary/aromatic N) is 2. The molecule has 7 nitrogen and oxygen atoms in total. The molecule has 0 radical (unpaired) electrons. The van der Waals surface area contributed by atoms with Gasteiger partial charge in [-0.2, -0.15) is 5.10 Å². The molecule has 1 atom stereocenters. The van der Waals surface area contributed by atoms with E-state index in [1.165, 1.54) is 23.0 Å². The molecule has 3 N–H and O–H groups in total. The van der Waals surface area contributed by atoms with Crippen LogP contribution in [0.4, 0.5) is 14.9 Å². The number of benzene rings is 1. The van der Waals surface area contributed by atoms with Crippen molar-refractivity contribution in [2.45, 2.75) is 64.4 Å². The Morgan fingerprint density at radius 2 is 1.69 bits per heavy atom. The first-order chi connectivity index (χ1) is 13.3. The fraction of sp³-hybridized carbons (Fsp3) is 0.474. The van der Waals surface area contributed by atoms with E-state index in [0.717, 1.165) is 0 Å². The smallest absolute Gasteiger partial charge is 0.307 e. The lowest BCUT2D eigenvalue weighted by Gasteiger charge is -2.21. The number of carbonyl (C=O) groups excluding carboxylic acids is 1. The van der Waals surface area contributed by atoms with Gasteiger partial charge in [0.1, 0.15) is 5.82 Å². The van der Waals surface area contributed by atoms with E-state index in [1.807, 2.05) is 41.5 Å². The number of rotatable bonds is 6. The van der Waals surface area contributed by atoms with Crippen LogP contribution in [-0.2, 0) is 9.92 Å². The van der Waals surface area contributed by atoms with Crippen molar-refractivity contribution in [3.8, 4) is 0 Å². The highest BCUT2D eigenvalue weighted by Gasteiger charge is 2.24. The molecular weight excluding hydrogens is 417 g/mol. The van der Waals surface area contributed by atoms with Gasteiger partial charge >= 0.3 is 6.03 Å². The molecule has 1 unspecified atom stereocenters. The second-order valence-corrected chi connectivity index (χ2v) is 9.85. The molecule has 0 saturated heterocycles. The summed E-state index contributed by atoms with van der Waals surface area (Å²) in [5.74, 6) is -0.510. The summed E-state index contributed by atoms with van der Waals surface area (Å²) in [7, 11) is -3.80. The minimum atomic E-state index is -3.80. The van der Waals surface area contributed by atoms with Crippen LogP contribution in [0.2, 0.25) is 5.02 Å². The van der Waals surface area contributed by atoms with Crippen molar-refractivity contribution in [2.24, 2.45) is 0 Å². The van der Waals surface area contributed by atoms with Gasteiger partial charge in [-0.25, -0.2) is 22.9 Å². The van der Waals surface area contributed by atoms with Gasteiger partial charge < -0.3 is 5.32 Å². The summed E-state index contributed by atoms with van der Waals surface area (Å²) < 4.78 is 38.6. The van der Waals surface area contributed by atoms with Crippen molar-refractivity contribution >= 4 is 33.2 Å². The Hall–Kier alpha value is -2.13. The highest BCUT2D eigenvalue weighted by molar-refractivity contribution is 7.91. The fourth-order valence-corrected chi connectivity index (χ4v) is 4.24. The lowest BCUT2D eigenvalue weighted by atomic mass is 9.92. The molecule has 1 heterocycles. The second kappa shape index (κ2) is 8.71. The molecule has 0 aliphatic rings. The van der Waals surface area contributed by atoms with Crippen LogP contribution in [0.5, 0.6) is 0 Å².